The van der Waals surface area contributed by atoms with Gasteiger partial charge in [-0.3, -0.25) is 9.59 Å². The van der Waals surface area contributed by atoms with E-state index in [9.17, 15) is 9.59 Å². The summed E-state index contributed by atoms with van der Waals surface area (Å²) in [6.07, 6.45) is 0.868. The van der Waals surface area contributed by atoms with Gasteiger partial charge in [0.05, 0.1) is 5.75 Å². The van der Waals surface area contributed by atoms with E-state index in [1.54, 1.807) is 24.3 Å². The number of para-hydroxylation sites is 1. The Bertz CT molecular complexity index is 1050. The molecule has 30 heavy (non-hydrogen) atoms. The molecule has 0 spiro atoms. The van der Waals surface area contributed by atoms with Gasteiger partial charge in [-0.1, -0.05) is 42.8 Å². The standard InChI is InChI=1S/C24H23ClN2O2S/c1-3-17-7-4-6-16(2)23(17)27-22(28)15-30-21-12-10-20(11-13-21)26-24(29)18-8-5-9-19(25)14-18/h4-14H,3,15H2,1-2H3,(H,26,29)(H,27,28). The van der Waals surface area contributed by atoms with Crippen molar-refractivity contribution in [2.75, 3.05) is 16.4 Å². The topological polar surface area (TPSA) is 58.2 Å². The van der Waals surface area contributed by atoms with Crippen molar-refractivity contribution in [3.63, 3.8) is 0 Å². The van der Waals surface area contributed by atoms with Crippen molar-refractivity contribution in [3.05, 3.63) is 88.4 Å². The summed E-state index contributed by atoms with van der Waals surface area (Å²) < 4.78 is 0. The van der Waals surface area contributed by atoms with Crippen LogP contribution in [0, 0.1) is 6.92 Å². The Labute approximate surface area is 186 Å². The van der Waals surface area contributed by atoms with Crippen LogP contribution in [0.2, 0.25) is 5.02 Å². The zero-order valence-corrected chi connectivity index (χ0v) is 18.4. The summed E-state index contributed by atoms with van der Waals surface area (Å²) >= 11 is 7.38. The molecule has 4 nitrogen and oxygen atoms in total. The first kappa shape index (κ1) is 21.9. The first-order valence-electron chi connectivity index (χ1n) is 9.64. The quantitative estimate of drug-likeness (QED) is 0.432. The second-order valence-electron chi connectivity index (χ2n) is 6.79. The van der Waals surface area contributed by atoms with Crippen LogP contribution >= 0.6 is 23.4 Å². The fourth-order valence-corrected chi connectivity index (χ4v) is 3.88. The Morgan fingerprint density at radius 1 is 0.967 bits per heavy atom. The predicted molar refractivity (Wildman–Crippen MR) is 126 cm³/mol. The number of halogens is 1. The first-order chi connectivity index (χ1) is 14.5. The average molecular weight is 439 g/mol. The van der Waals surface area contributed by atoms with Gasteiger partial charge in [0.15, 0.2) is 0 Å². The Balaban J connectivity index is 1.55. The Kier molecular flexibility index (Phi) is 7.55. The maximum absolute atomic E-state index is 12.4. The number of carbonyl (C=O) groups excluding carboxylic acids is 2. The Morgan fingerprint density at radius 2 is 1.70 bits per heavy atom. The van der Waals surface area contributed by atoms with Crippen molar-refractivity contribution in [1.29, 1.82) is 0 Å². The molecule has 0 radical (unpaired) electrons. The molecule has 0 saturated carbocycles. The molecule has 0 aliphatic heterocycles. The van der Waals surface area contributed by atoms with E-state index in [2.05, 4.69) is 17.6 Å². The van der Waals surface area contributed by atoms with Gasteiger partial charge in [0, 0.05) is 26.9 Å². The van der Waals surface area contributed by atoms with E-state index in [4.69, 9.17) is 11.6 Å². The van der Waals surface area contributed by atoms with Gasteiger partial charge in [-0.05, 0) is 66.9 Å². The summed E-state index contributed by atoms with van der Waals surface area (Å²) in [5, 5.41) is 6.39. The minimum atomic E-state index is -0.220. The van der Waals surface area contributed by atoms with E-state index in [1.807, 2.05) is 49.4 Å². The van der Waals surface area contributed by atoms with Crippen LogP contribution in [0.15, 0.2) is 71.6 Å². The van der Waals surface area contributed by atoms with Crippen LogP contribution in [0.5, 0.6) is 0 Å². The number of hydrogen-bond donors (Lipinski definition) is 2. The van der Waals surface area contributed by atoms with Gasteiger partial charge in [0.25, 0.3) is 5.91 Å². The minimum absolute atomic E-state index is 0.0395. The summed E-state index contributed by atoms with van der Waals surface area (Å²) in [7, 11) is 0. The normalized spacial score (nSPS) is 10.5. The van der Waals surface area contributed by atoms with Gasteiger partial charge < -0.3 is 10.6 Å². The maximum Gasteiger partial charge on any atom is 0.255 e. The van der Waals surface area contributed by atoms with Gasteiger partial charge in [-0.15, -0.1) is 11.8 Å². The maximum atomic E-state index is 12.4. The lowest BCUT2D eigenvalue weighted by atomic mass is 10.1. The number of anilines is 2. The zero-order valence-electron chi connectivity index (χ0n) is 16.9. The highest BCUT2D eigenvalue weighted by Crippen LogP contribution is 2.24. The monoisotopic (exact) mass is 438 g/mol. The molecule has 2 N–H and O–H groups in total. The summed E-state index contributed by atoms with van der Waals surface area (Å²) in [6.45, 7) is 4.07. The highest BCUT2D eigenvalue weighted by atomic mass is 35.5. The highest BCUT2D eigenvalue weighted by Gasteiger charge is 2.10. The molecule has 0 fully saturated rings. The van der Waals surface area contributed by atoms with Crippen LogP contribution in [-0.2, 0) is 11.2 Å². The fraction of sp³-hybridized carbons (Fsp3) is 0.167. The van der Waals surface area contributed by atoms with Gasteiger partial charge >= 0.3 is 0 Å². The van der Waals surface area contributed by atoms with Crippen molar-refractivity contribution < 1.29 is 9.59 Å². The lowest BCUT2D eigenvalue weighted by molar-refractivity contribution is -0.113. The smallest absolute Gasteiger partial charge is 0.255 e. The van der Waals surface area contributed by atoms with Crippen LogP contribution in [0.25, 0.3) is 0 Å². The lowest BCUT2D eigenvalue weighted by Gasteiger charge is -2.13. The molecule has 3 aromatic rings. The van der Waals surface area contributed by atoms with E-state index in [0.29, 0.717) is 22.0 Å². The highest BCUT2D eigenvalue weighted by molar-refractivity contribution is 8.00. The van der Waals surface area contributed by atoms with Crippen LogP contribution in [-0.4, -0.2) is 17.6 Å². The summed E-state index contributed by atoms with van der Waals surface area (Å²) in [5.74, 6) is 0.0516. The molecular formula is C24H23ClN2O2S. The number of thioether (sulfide) groups is 1. The van der Waals surface area contributed by atoms with E-state index in [1.165, 1.54) is 11.8 Å². The van der Waals surface area contributed by atoms with Crippen molar-refractivity contribution >= 4 is 46.6 Å². The molecular weight excluding hydrogens is 416 g/mol. The third-order valence-corrected chi connectivity index (χ3v) is 5.82. The molecule has 3 rings (SSSR count). The molecule has 2 amide bonds. The number of aryl methyl sites for hydroxylation is 2. The van der Waals surface area contributed by atoms with Crippen LogP contribution in [0.1, 0.15) is 28.4 Å². The van der Waals surface area contributed by atoms with Crippen LogP contribution in [0.4, 0.5) is 11.4 Å². The third-order valence-electron chi connectivity index (χ3n) is 4.57. The molecule has 0 atom stereocenters. The molecule has 0 aliphatic carbocycles. The second-order valence-corrected chi connectivity index (χ2v) is 8.27. The predicted octanol–water partition coefficient (Wildman–Crippen LogP) is 6.19. The molecule has 154 valence electrons. The number of carbonyl (C=O) groups is 2. The molecule has 3 aromatic carbocycles. The molecule has 0 bridgehead atoms. The molecule has 0 saturated heterocycles. The summed E-state index contributed by atoms with van der Waals surface area (Å²) in [5.41, 5.74) is 4.28. The Morgan fingerprint density at radius 3 is 2.40 bits per heavy atom. The molecule has 0 unspecified atom stereocenters. The fourth-order valence-electron chi connectivity index (χ4n) is 2.99. The van der Waals surface area contributed by atoms with E-state index in [-0.39, 0.29) is 11.8 Å². The number of nitrogens with one attached hydrogen (secondary N) is 2. The first-order valence-corrected chi connectivity index (χ1v) is 11.0. The van der Waals surface area contributed by atoms with Crippen LogP contribution < -0.4 is 10.6 Å². The molecule has 0 aliphatic rings. The van der Waals surface area contributed by atoms with E-state index in [0.717, 1.165) is 28.1 Å². The van der Waals surface area contributed by atoms with Crippen LogP contribution in [0.3, 0.4) is 0 Å². The van der Waals surface area contributed by atoms with Gasteiger partial charge in [-0.25, -0.2) is 0 Å². The SMILES string of the molecule is CCc1cccc(C)c1NC(=O)CSc1ccc(NC(=O)c2cccc(Cl)c2)cc1. The van der Waals surface area contributed by atoms with E-state index < -0.39 is 0 Å². The molecule has 0 aromatic heterocycles. The van der Waals surface area contributed by atoms with Gasteiger partial charge in [0.2, 0.25) is 5.91 Å². The third kappa shape index (κ3) is 5.88. The second kappa shape index (κ2) is 10.3. The van der Waals surface area contributed by atoms with E-state index >= 15 is 0 Å². The Hall–Kier alpha value is -2.76. The number of amides is 2. The summed E-state index contributed by atoms with van der Waals surface area (Å²) in [4.78, 5) is 25.6. The number of hydrogen-bond acceptors (Lipinski definition) is 3. The molecule has 6 heteroatoms. The van der Waals surface area contributed by atoms with Gasteiger partial charge in [0.1, 0.15) is 0 Å². The van der Waals surface area contributed by atoms with Crippen molar-refractivity contribution in [3.8, 4) is 0 Å². The minimum Gasteiger partial charge on any atom is -0.325 e. The number of rotatable bonds is 7. The molecule has 0 heterocycles. The average Bonchev–Trinajstić information content (AvgIpc) is 2.74. The zero-order chi connectivity index (χ0) is 21.5. The summed E-state index contributed by atoms with van der Waals surface area (Å²) in [6, 6.07) is 20.2. The van der Waals surface area contributed by atoms with Gasteiger partial charge in [-0.2, -0.15) is 0 Å². The van der Waals surface area contributed by atoms with Crippen molar-refractivity contribution in [1.82, 2.24) is 0 Å². The van der Waals surface area contributed by atoms with Crippen molar-refractivity contribution in [2.24, 2.45) is 0 Å². The van der Waals surface area contributed by atoms with Crippen molar-refractivity contribution in [2.45, 2.75) is 25.2 Å². The largest absolute Gasteiger partial charge is 0.325 e. The number of benzene rings is 3. The lowest BCUT2D eigenvalue weighted by Crippen LogP contribution is -2.16.